The van der Waals surface area contributed by atoms with E-state index in [1.165, 1.54) is 41.0 Å². The van der Waals surface area contributed by atoms with Crippen LogP contribution in [0.2, 0.25) is 0 Å². The van der Waals surface area contributed by atoms with Crippen molar-refractivity contribution >= 4 is 65.1 Å². The van der Waals surface area contributed by atoms with Crippen LogP contribution in [-0.2, 0) is 78.6 Å². The summed E-state index contributed by atoms with van der Waals surface area (Å²) in [5, 5.41) is 34.3. The Morgan fingerprint density at radius 2 is 1.19 bits per heavy atom. The summed E-state index contributed by atoms with van der Waals surface area (Å²) >= 11 is 0. The van der Waals surface area contributed by atoms with Crippen molar-refractivity contribution in [3.8, 4) is 0 Å². The zero-order valence-corrected chi connectivity index (χ0v) is 46.8. The molecule has 6 rings (SSSR count). The van der Waals surface area contributed by atoms with Crippen LogP contribution in [0, 0.1) is 20.2 Å². The molecule has 2 fully saturated rings. The van der Waals surface area contributed by atoms with E-state index < -0.39 is 118 Å². The highest BCUT2D eigenvalue weighted by Crippen LogP contribution is 2.23. The van der Waals surface area contributed by atoms with Gasteiger partial charge in [0.1, 0.15) is 55.6 Å². The summed E-state index contributed by atoms with van der Waals surface area (Å²) in [5.41, 5.74) is 9.36. The van der Waals surface area contributed by atoms with E-state index in [9.17, 15) is 63.4 Å². The molecule has 0 saturated carbocycles. The highest BCUT2D eigenvalue weighted by atomic mass is 16.7. The normalized spacial score (nSPS) is 16.4. The molecule has 2 heterocycles. The summed E-state index contributed by atoms with van der Waals surface area (Å²) in [6.45, 7) is 1.58. The SMILES string of the molecule is CC(=O)O[C@H](C)[C@H](NC(=O)[C@H](Cc1ccccc1)NC(=O)CNC(=O)[C@@H]1CCCN1C(=O)OCc1ccccc1)C(=O)N1CCC[C@H]1C(=O)N[C@@H](Cc1ccccc1)C(=O)N[C@@H](CCCN=C(N)N[N+](=O)[O-])C(=O)OCc1ccc([N+](=O)[O-])cc1. The molecule has 4 aromatic rings. The fourth-order valence-electron chi connectivity index (χ4n) is 9.54. The van der Waals surface area contributed by atoms with E-state index in [1.54, 1.807) is 90.4 Å². The molecule has 0 unspecified atom stereocenters. The highest BCUT2D eigenvalue weighted by Gasteiger charge is 2.43. The Kier molecular flexibility index (Phi) is 24.1. The lowest BCUT2D eigenvalue weighted by molar-refractivity contribution is -0.525. The zero-order valence-electron chi connectivity index (χ0n) is 46.8. The minimum Gasteiger partial charge on any atom is -0.460 e. The molecule has 4 aromatic carbocycles. The Morgan fingerprint density at radius 1 is 0.659 bits per heavy atom. The van der Waals surface area contributed by atoms with Crippen LogP contribution in [0.1, 0.15) is 74.6 Å². The summed E-state index contributed by atoms with van der Waals surface area (Å²) in [7, 11) is 0. The lowest BCUT2D eigenvalue weighted by Crippen LogP contribution is -2.61. The second-order valence-electron chi connectivity index (χ2n) is 20.0. The van der Waals surface area contributed by atoms with Gasteiger partial charge in [-0.2, -0.15) is 0 Å². The molecule has 7 amide bonds. The van der Waals surface area contributed by atoms with Crippen molar-refractivity contribution in [1.82, 2.24) is 41.8 Å². The van der Waals surface area contributed by atoms with Crippen LogP contribution in [0.25, 0.3) is 0 Å². The Balaban J connectivity index is 1.16. The lowest BCUT2D eigenvalue weighted by Gasteiger charge is -2.33. The van der Waals surface area contributed by atoms with Gasteiger partial charge in [0.2, 0.25) is 35.4 Å². The summed E-state index contributed by atoms with van der Waals surface area (Å²) in [6.07, 6.45) is -1.22. The molecular formula is C57H68N12O16. The molecule has 7 atom stereocenters. The third-order valence-corrected chi connectivity index (χ3v) is 13.8. The summed E-state index contributed by atoms with van der Waals surface area (Å²) in [6, 6.07) is 23.3. The smallest absolute Gasteiger partial charge is 0.410 e. The topological polar surface area (TPSA) is 385 Å². The van der Waals surface area contributed by atoms with Gasteiger partial charge in [-0.25, -0.2) is 24.7 Å². The molecule has 452 valence electrons. The van der Waals surface area contributed by atoms with Crippen molar-refractivity contribution in [2.45, 2.75) is 121 Å². The van der Waals surface area contributed by atoms with Crippen LogP contribution in [0.3, 0.4) is 0 Å². The zero-order chi connectivity index (χ0) is 61.4. The lowest BCUT2D eigenvalue weighted by atomic mass is 10.0. The first-order valence-electron chi connectivity index (χ1n) is 27.4. The molecule has 0 radical (unpaired) electrons. The third-order valence-electron chi connectivity index (χ3n) is 13.8. The first-order valence-corrected chi connectivity index (χ1v) is 27.4. The van der Waals surface area contributed by atoms with Crippen LogP contribution >= 0.6 is 0 Å². The van der Waals surface area contributed by atoms with Crippen LogP contribution < -0.4 is 37.7 Å². The van der Waals surface area contributed by atoms with Crippen LogP contribution in [0.15, 0.2) is 120 Å². The number of nitrogens with two attached hydrogens (primary N) is 1. The van der Waals surface area contributed by atoms with Crippen LogP contribution in [0.4, 0.5) is 10.5 Å². The number of hydrogen-bond acceptors (Lipinski definition) is 17. The van der Waals surface area contributed by atoms with Crippen molar-refractivity contribution in [3.63, 3.8) is 0 Å². The van der Waals surface area contributed by atoms with Gasteiger partial charge in [-0.1, -0.05) is 96.4 Å². The van der Waals surface area contributed by atoms with Gasteiger partial charge >= 0.3 is 18.0 Å². The van der Waals surface area contributed by atoms with E-state index in [2.05, 4.69) is 31.6 Å². The molecule has 28 nitrogen and oxygen atoms in total. The van der Waals surface area contributed by atoms with E-state index in [0.717, 1.165) is 12.5 Å². The van der Waals surface area contributed by atoms with E-state index in [1.807, 2.05) is 6.07 Å². The number of guanidine groups is 1. The number of esters is 2. The number of carbonyl (C=O) groups excluding carboxylic acids is 9. The molecule has 85 heavy (non-hydrogen) atoms. The van der Waals surface area contributed by atoms with Gasteiger partial charge in [0.05, 0.1) is 11.5 Å². The number of ether oxygens (including phenoxy) is 3. The Hall–Kier alpha value is -10.0. The predicted octanol–water partition coefficient (Wildman–Crippen LogP) is 1.80. The number of nitrogens with zero attached hydrogens (tertiary/aromatic N) is 5. The number of benzene rings is 4. The number of carbonyl (C=O) groups is 9. The maximum Gasteiger partial charge on any atom is 0.410 e. The maximum atomic E-state index is 14.8. The van der Waals surface area contributed by atoms with Crippen LogP contribution in [0.5, 0.6) is 0 Å². The van der Waals surface area contributed by atoms with Gasteiger partial charge in [0.25, 0.3) is 11.6 Å². The van der Waals surface area contributed by atoms with Crippen molar-refractivity contribution in [2.75, 3.05) is 26.2 Å². The molecule has 2 aliphatic rings. The van der Waals surface area contributed by atoms with Crippen molar-refractivity contribution in [1.29, 1.82) is 0 Å². The fraction of sp³-hybridized carbons (Fsp3) is 0.404. The number of hydrogen-bond donors (Lipinski definition) is 7. The number of hydrazine groups is 1. The quantitative estimate of drug-likeness (QED) is 0.00811. The summed E-state index contributed by atoms with van der Waals surface area (Å²) in [4.78, 5) is 152. The summed E-state index contributed by atoms with van der Waals surface area (Å²) < 4.78 is 16.4. The molecular weight excluding hydrogens is 1110 g/mol. The molecule has 0 aliphatic carbocycles. The molecule has 0 spiro atoms. The van der Waals surface area contributed by atoms with E-state index in [4.69, 9.17) is 19.9 Å². The predicted molar refractivity (Wildman–Crippen MR) is 302 cm³/mol. The first kappa shape index (κ1) is 64.2. The van der Waals surface area contributed by atoms with Gasteiger partial charge in [-0.05, 0) is 79.8 Å². The number of non-ortho nitro benzene ring substituents is 1. The largest absolute Gasteiger partial charge is 0.460 e. The Labute approximate surface area is 488 Å². The first-order chi connectivity index (χ1) is 40.8. The Morgan fingerprint density at radius 3 is 1.76 bits per heavy atom. The van der Waals surface area contributed by atoms with Gasteiger partial charge in [0, 0.05) is 51.5 Å². The van der Waals surface area contributed by atoms with Crippen LogP contribution in [-0.4, -0.2) is 148 Å². The third kappa shape index (κ3) is 20.1. The number of nitrogens with one attached hydrogen (secondary N) is 6. The minimum absolute atomic E-state index is 0.00930. The molecule has 0 aromatic heterocycles. The molecule has 2 aliphatic heterocycles. The van der Waals surface area contributed by atoms with E-state index >= 15 is 0 Å². The number of nitro groups is 2. The molecule has 8 N–H and O–H groups in total. The average molecular weight is 1180 g/mol. The number of rotatable bonds is 28. The average Bonchev–Trinajstić information content (AvgIpc) is 4.44. The number of likely N-dealkylation sites (tertiary alicyclic amines) is 2. The highest BCUT2D eigenvalue weighted by molar-refractivity contribution is 5.97. The van der Waals surface area contributed by atoms with Crippen molar-refractivity contribution in [2.24, 2.45) is 10.7 Å². The Bertz CT molecular complexity index is 3030. The van der Waals surface area contributed by atoms with Gasteiger partial charge < -0.3 is 51.4 Å². The summed E-state index contributed by atoms with van der Waals surface area (Å²) in [5.74, 6) is -7.09. The fourth-order valence-corrected chi connectivity index (χ4v) is 9.54. The molecule has 2 saturated heterocycles. The number of amides is 7. The van der Waals surface area contributed by atoms with Crippen molar-refractivity contribution in [3.05, 3.63) is 158 Å². The second-order valence-corrected chi connectivity index (χ2v) is 20.0. The van der Waals surface area contributed by atoms with E-state index in [-0.39, 0.29) is 77.1 Å². The molecule has 0 bridgehead atoms. The second kappa shape index (κ2) is 32.0. The van der Waals surface area contributed by atoms with Crippen molar-refractivity contribution < 1.29 is 67.3 Å². The standard InChI is InChI=1S/C57H68N12O16/c1-36(85-37(2)70)49(64-51(73)44(31-38-15-6-3-7-16-38)61-48(71)33-60-52(74)46-22-14-30-67(46)57(78)84-35-40-19-10-5-11-20-40)54(76)66-29-13-23-47(66)53(75)63-45(32-39-17-8-4-9-18-39)50(72)62-43(21-12-28-59-56(58)65-69(81)82)55(77)83-34-41-24-26-42(27-25-41)68(79)80/h3-11,15-20,24-27,36,43-47,49H,12-14,21-23,28-35H2,1-2H3,(H,60,74)(H,61,71)(H,62,72)(H,63,75)(H,64,73)(H3,58,59,65)/t36-,43+,44+,45+,46+,47+,49+/m1/s1. The van der Waals surface area contributed by atoms with Gasteiger partial charge in [-0.3, -0.25) is 48.6 Å². The number of nitro benzene ring substituents is 1. The molecule has 28 heteroatoms. The monoisotopic (exact) mass is 1180 g/mol. The van der Waals surface area contributed by atoms with Gasteiger partial charge in [0.15, 0.2) is 5.03 Å². The minimum atomic E-state index is -1.65. The van der Waals surface area contributed by atoms with Gasteiger partial charge in [-0.15, -0.1) is 0 Å². The number of aliphatic imine (C=N–C) groups is 1. The maximum absolute atomic E-state index is 14.8. The van der Waals surface area contributed by atoms with E-state index in [0.29, 0.717) is 29.5 Å².